The SMILES string of the molecule is C=C/C=C(\C=C)N(c1ccc(/C(=C(\C(=C)C=C)c2ccc(N(C(=C)C=C)c3ccccc3)cc2)c2ccccc2)cc1)c1ccc2ccccc2c1. The molecule has 2 heteroatoms. The number of rotatable bonds is 14. The first-order valence-corrected chi connectivity index (χ1v) is 17.2. The van der Waals surface area contributed by atoms with Gasteiger partial charge in [0, 0.05) is 34.1 Å². The molecule has 0 aliphatic carbocycles. The van der Waals surface area contributed by atoms with E-state index in [2.05, 4.69) is 177 Å². The molecule has 0 spiro atoms. The Morgan fingerprint density at radius 1 is 0.442 bits per heavy atom. The maximum atomic E-state index is 4.48. The first-order chi connectivity index (χ1) is 25.5. The normalized spacial score (nSPS) is 11.6. The molecule has 6 aromatic rings. The standard InChI is InChI=1S/C50H42N2/c1-7-19-44(10-4)52(48-35-26-39-20-17-18-23-43(39)36-48)47-33-29-42(30-34-47)50(40-21-13-11-14-22-40)49(37(5)8-2)41-27-31-46(32-28-41)51(38(6)9-3)45-24-15-12-16-25-45/h7-36H,1-6H2/b44-19+,50-49+. The smallest absolute Gasteiger partial charge is 0.0467 e. The molecule has 0 heterocycles. The lowest BCUT2D eigenvalue weighted by Gasteiger charge is -2.27. The topological polar surface area (TPSA) is 6.48 Å². The van der Waals surface area contributed by atoms with Gasteiger partial charge in [-0.05, 0) is 111 Å². The van der Waals surface area contributed by atoms with Gasteiger partial charge in [0.2, 0.25) is 0 Å². The highest BCUT2D eigenvalue weighted by Gasteiger charge is 2.19. The van der Waals surface area contributed by atoms with E-state index in [1.54, 1.807) is 12.2 Å². The summed E-state index contributed by atoms with van der Waals surface area (Å²) in [5.41, 5.74) is 11.8. The van der Waals surface area contributed by atoms with Gasteiger partial charge in [-0.1, -0.05) is 155 Å². The Morgan fingerprint density at radius 2 is 0.962 bits per heavy atom. The lowest BCUT2D eigenvalue weighted by molar-refractivity contribution is 1.21. The van der Waals surface area contributed by atoms with Gasteiger partial charge in [-0.3, -0.25) is 0 Å². The number of allylic oxidation sites excluding steroid dienone is 7. The van der Waals surface area contributed by atoms with Crippen LogP contribution in [0.15, 0.2) is 238 Å². The summed E-state index contributed by atoms with van der Waals surface area (Å²) in [7, 11) is 0. The molecule has 0 bridgehead atoms. The summed E-state index contributed by atoms with van der Waals surface area (Å²) in [6.45, 7) is 25.0. The predicted octanol–water partition coefficient (Wildman–Crippen LogP) is 13.8. The lowest BCUT2D eigenvalue weighted by Crippen LogP contribution is -2.15. The van der Waals surface area contributed by atoms with Gasteiger partial charge in [-0.25, -0.2) is 0 Å². The van der Waals surface area contributed by atoms with Crippen LogP contribution in [-0.2, 0) is 0 Å². The Kier molecular flexibility index (Phi) is 10.9. The fourth-order valence-corrected chi connectivity index (χ4v) is 6.47. The van der Waals surface area contributed by atoms with Crippen molar-refractivity contribution in [2.45, 2.75) is 0 Å². The average molecular weight is 671 g/mol. The largest absolute Gasteiger partial charge is 0.311 e. The summed E-state index contributed by atoms with van der Waals surface area (Å²) in [4.78, 5) is 4.30. The third kappa shape index (κ3) is 7.33. The minimum Gasteiger partial charge on any atom is -0.311 e. The van der Waals surface area contributed by atoms with Gasteiger partial charge in [-0.15, -0.1) is 0 Å². The van der Waals surface area contributed by atoms with Crippen LogP contribution in [0.2, 0.25) is 0 Å². The zero-order valence-corrected chi connectivity index (χ0v) is 29.5. The highest BCUT2D eigenvalue weighted by atomic mass is 15.1. The van der Waals surface area contributed by atoms with Crippen LogP contribution in [0, 0.1) is 0 Å². The fraction of sp³-hybridized carbons (Fsp3) is 0. The quantitative estimate of drug-likeness (QED) is 0.0841. The van der Waals surface area contributed by atoms with E-state index in [9.17, 15) is 0 Å². The Bertz CT molecular complexity index is 2320. The van der Waals surface area contributed by atoms with E-state index < -0.39 is 0 Å². The van der Waals surface area contributed by atoms with Crippen molar-refractivity contribution in [3.8, 4) is 0 Å². The first kappa shape index (κ1) is 34.9. The molecule has 252 valence electrons. The van der Waals surface area contributed by atoms with Gasteiger partial charge >= 0.3 is 0 Å². The zero-order valence-electron chi connectivity index (χ0n) is 29.5. The second kappa shape index (κ2) is 16.2. The summed E-state index contributed by atoms with van der Waals surface area (Å²) < 4.78 is 0. The lowest BCUT2D eigenvalue weighted by atomic mass is 9.86. The minimum atomic E-state index is 0.788. The van der Waals surface area contributed by atoms with Gasteiger partial charge < -0.3 is 9.80 Å². The van der Waals surface area contributed by atoms with Crippen molar-refractivity contribution in [2.75, 3.05) is 9.80 Å². The summed E-state index contributed by atoms with van der Waals surface area (Å²) in [6, 6.07) is 52.7. The van der Waals surface area contributed by atoms with Gasteiger partial charge in [0.15, 0.2) is 0 Å². The summed E-state index contributed by atoms with van der Waals surface area (Å²) >= 11 is 0. The van der Waals surface area contributed by atoms with E-state index in [0.717, 1.165) is 72.9 Å². The van der Waals surface area contributed by atoms with Crippen LogP contribution < -0.4 is 9.80 Å². The molecular weight excluding hydrogens is 629 g/mol. The number of anilines is 4. The number of benzene rings is 6. The van der Waals surface area contributed by atoms with Crippen molar-refractivity contribution in [1.82, 2.24) is 0 Å². The molecule has 0 radical (unpaired) electrons. The Morgan fingerprint density at radius 3 is 1.56 bits per heavy atom. The van der Waals surface area contributed by atoms with E-state index >= 15 is 0 Å². The molecule has 0 aliphatic rings. The molecule has 0 aromatic heterocycles. The molecule has 0 aliphatic heterocycles. The number of fused-ring (bicyclic) bond motifs is 1. The molecule has 6 rings (SSSR count). The van der Waals surface area contributed by atoms with Crippen molar-refractivity contribution in [2.24, 2.45) is 0 Å². The van der Waals surface area contributed by atoms with E-state index in [-0.39, 0.29) is 0 Å². The summed E-state index contributed by atoms with van der Waals surface area (Å²) in [5.74, 6) is 0. The molecule has 52 heavy (non-hydrogen) atoms. The summed E-state index contributed by atoms with van der Waals surface area (Å²) in [5, 5.41) is 2.35. The molecular formula is C50H42N2. The first-order valence-electron chi connectivity index (χ1n) is 17.2. The molecule has 0 N–H and O–H groups in total. The van der Waals surface area contributed by atoms with Gasteiger partial charge in [0.1, 0.15) is 0 Å². The molecule has 0 fully saturated rings. The van der Waals surface area contributed by atoms with Gasteiger partial charge in [-0.2, -0.15) is 0 Å². The molecule has 2 nitrogen and oxygen atoms in total. The van der Waals surface area contributed by atoms with Crippen molar-refractivity contribution < 1.29 is 0 Å². The van der Waals surface area contributed by atoms with E-state index in [4.69, 9.17) is 0 Å². The maximum Gasteiger partial charge on any atom is 0.0467 e. The van der Waals surface area contributed by atoms with Gasteiger partial charge in [0.05, 0.1) is 0 Å². The number of hydrogen-bond acceptors (Lipinski definition) is 2. The van der Waals surface area contributed by atoms with Crippen LogP contribution in [0.4, 0.5) is 22.7 Å². The molecule has 0 saturated heterocycles. The molecule has 0 amide bonds. The van der Waals surface area contributed by atoms with Crippen molar-refractivity contribution in [1.29, 1.82) is 0 Å². The Hall–Kier alpha value is -6.90. The number of nitrogens with zero attached hydrogens (tertiary/aromatic N) is 2. The highest BCUT2D eigenvalue weighted by molar-refractivity contribution is 6.05. The second-order valence-corrected chi connectivity index (χ2v) is 12.2. The Labute approximate surface area is 308 Å². The average Bonchev–Trinajstić information content (AvgIpc) is 3.20. The highest BCUT2D eigenvalue weighted by Crippen LogP contribution is 2.40. The van der Waals surface area contributed by atoms with E-state index in [0.29, 0.717) is 0 Å². The predicted molar refractivity (Wildman–Crippen MR) is 227 cm³/mol. The van der Waals surface area contributed by atoms with E-state index in [1.165, 1.54) is 5.39 Å². The Balaban J connectivity index is 1.50. The van der Waals surface area contributed by atoms with Gasteiger partial charge in [0.25, 0.3) is 0 Å². The van der Waals surface area contributed by atoms with Crippen LogP contribution >= 0.6 is 0 Å². The summed E-state index contributed by atoms with van der Waals surface area (Å²) in [6.07, 6.45) is 9.23. The van der Waals surface area contributed by atoms with E-state index in [1.807, 2.05) is 42.5 Å². The minimum absolute atomic E-state index is 0.788. The number of hydrogen-bond donors (Lipinski definition) is 0. The molecule has 0 unspecified atom stereocenters. The third-order valence-corrected chi connectivity index (χ3v) is 8.99. The van der Waals surface area contributed by atoms with Crippen molar-refractivity contribution in [3.63, 3.8) is 0 Å². The zero-order chi connectivity index (χ0) is 36.5. The van der Waals surface area contributed by atoms with Crippen LogP contribution in [-0.4, -0.2) is 0 Å². The van der Waals surface area contributed by atoms with Crippen LogP contribution in [0.3, 0.4) is 0 Å². The monoisotopic (exact) mass is 670 g/mol. The van der Waals surface area contributed by atoms with Crippen LogP contribution in [0.25, 0.3) is 21.9 Å². The van der Waals surface area contributed by atoms with Crippen LogP contribution in [0.5, 0.6) is 0 Å². The molecule has 0 atom stereocenters. The maximum absolute atomic E-state index is 4.48. The van der Waals surface area contributed by atoms with Crippen LogP contribution in [0.1, 0.15) is 16.7 Å². The molecule has 6 aromatic carbocycles. The van der Waals surface area contributed by atoms with Crippen molar-refractivity contribution in [3.05, 3.63) is 255 Å². The molecule has 0 saturated carbocycles. The number of para-hydroxylation sites is 1. The third-order valence-electron chi connectivity index (χ3n) is 8.99. The second-order valence-electron chi connectivity index (χ2n) is 12.2. The van der Waals surface area contributed by atoms with Crippen molar-refractivity contribution >= 4 is 44.7 Å². The fourth-order valence-electron chi connectivity index (χ4n) is 6.47.